The number of esters is 1. The molecule has 0 aliphatic carbocycles. The van der Waals surface area contributed by atoms with Gasteiger partial charge in [0.1, 0.15) is 5.75 Å². The number of ether oxygens (including phenoxy) is 2. The van der Waals surface area contributed by atoms with Crippen LogP contribution in [0.1, 0.15) is 12.8 Å². The maximum atomic E-state index is 13.0. The second-order valence-corrected chi connectivity index (χ2v) is 8.93. The molecule has 2 aliphatic rings. The molecule has 2 atom stereocenters. The molecule has 7 heteroatoms. The maximum Gasteiger partial charge on any atom is 0.326 e. The number of Topliss-reactive ketones (excluding diaryl/α,β-unsaturated/α-hetero) is 1. The van der Waals surface area contributed by atoms with E-state index in [9.17, 15) is 9.59 Å². The highest BCUT2D eigenvalue weighted by atomic mass is 32.2. The van der Waals surface area contributed by atoms with Crippen LogP contribution in [0.5, 0.6) is 5.75 Å². The van der Waals surface area contributed by atoms with E-state index in [1.165, 1.54) is 24.6 Å². The highest BCUT2D eigenvalue weighted by Crippen LogP contribution is 2.38. The van der Waals surface area contributed by atoms with Crippen molar-refractivity contribution in [2.24, 2.45) is 0 Å². The zero-order valence-electron chi connectivity index (χ0n) is 17.7. The van der Waals surface area contributed by atoms with E-state index in [1.807, 2.05) is 30.3 Å². The summed E-state index contributed by atoms with van der Waals surface area (Å²) in [6, 6.07) is 18.0. The summed E-state index contributed by atoms with van der Waals surface area (Å²) in [5, 5.41) is -0.881. The van der Waals surface area contributed by atoms with E-state index in [-0.39, 0.29) is 5.78 Å². The summed E-state index contributed by atoms with van der Waals surface area (Å²) in [6.07, 6.45) is 0.786. The van der Waals surface area contributed by atoms with Gasteiger partial charge in [0.05, 0.1) is 12.0 Å². The Bertz CT molecular complexity index is 899. The summed E-state index contributed by atoms with van der Waals surface area (Å²) in [4.78, 5) is 30.9. The van der Waals surface area contributed by atoms with Crippen LogP contribution in [0, 0.1) is 0 Å². The predicted octanol–water partition coefficient (Wildman–Crippen LogP) is 3.25. The lowest BCUT2D eigenvalue weighted by molar-refractivity contribution is -0.144. The number of methoxy groups -OCH3 is 1. The molecule has 0 bridgehead atoms. The van der Waals surface area contributed by atoms with Crippen molar-refractivity contribution >= 4 is 29.2 Å². The van der Waals surface area contributed by atoms with Gasteiger partial charge in [0.2, 0.25) is 0 Å². The highest BCUT2D eigenvalue weighted by molar-refractivity contribution is 8.01. The van der Waals surface area contributed by atoms with Crippen LogP contribution in [0.15, 0.2) is 59.5 Å². The van der Waals surface area contributed by atoms with Crippen LogP contribution in [0.25, 0.3) is 0 Å². The molecule has 164 valence electrons. The number of fused-ring (bicyclic) bond motifs is 1. The molecule has 0 amide bonds. The van der Waals surface area contributed by atoms with Gasteiger partial charge in [-0.05, 0) is 43.7 Å². The third-order valence-corrected chi connectivity index (χ3v) is 7.04. The average molecular weight is 441 g/mol. The van der Waals surface area contributed by atoms with Crippen LogP contribution >= 0.6 is 11.8 Å². The first-order valence-electron chi connectivity index (χ1n) is 10.7. The number of nitrogens with zero attached hydrogens (tertiary/aromatic N) is 2. The van der Waals surface area contributed by atoms with Gasteiger partial charge in [0.25, 0.3) is 0 Å². The molecule has 0 N–H and O–H groups in total. The Balaban J connectivity index is 1.32. The van der Waals surface area contributed by atoms with Crippen molar-refractivity contribution in [1.29, 1.82) is 0 Å². The van der Waals surface area contributed by atoms with Gasteiger partial charge in [-0.1, -0.05) is 42.1 Å². The molecule has 6 nitrogen and oxygen atoms in total. The molecule has 0 saturated carbocycles. The number of hydrogen-bond donors (Lipinski definition) is 0. The van der Waals surface area contributed by atoms with E-state index in [1.54, 1.807) is 0 Å². The first-order chi connectivity index (χ1) is 15.2. The first kappa shape index (κ1) is 21.7. The maximum absolute atomic E-state index is 13.0. The normalized spacial score (nSPS) is 21.7. The zero-order valence-corrected chi connectivity index (χ0v) is 18.6. The summed E-state index contributed by atoms with van der Waals surface area (Å²) >= 11 is 1.22. The van der Waals surface area contributed by atoms with Crippen molar-refractivity contribution < 1.29 is 19.1 Å². The Morgan fingerprint density at radius 1 is 1.06 bits per heavy atom. The minimum absolute atomic E-state index is 0.207. The molecule has 2 aromatic rings. The molecule has 2 unspecified atom stereocenters. The number of piperazine rings is 1. The fourth-order valence-electron chi connectivity index (χ4n) is 4.05. The van der Waals surface area contributed by atoms with Crippen molar-refractivity contribution in [2.45, 2.75) is 29.1 Å². The van der Waals surface area contributed by atoms with Crippen molar-refractivity contribution in [3.05, 3.63) is 54.6 Å². The molecule has 0 radical (unpaired) electrons. The van der Waals surface area contributed by atoms with Crippen LogP contribution in [-0.2, 0) is 14.3 Å². The van der Waals surface area contributed by atoms with Crippen LogP contribution in [0.4, 0.5) is 5.69 Å². The van der Waals surface area contributed by atoms with E-state index in [0.29, 0.717) is 12.2 Å². The van der Waals surface area contributed by atoms with Crippen LogP contribution < -0.4 is 9.64 Å². The number of ketones is 1. The van der Waals surface area contributed by atoms with E-state index in [2.05, 4.69) is 34.1 Å². The SMILES string of the molecule is COC(=O)C1Sc2ccccc2OC(CCCN2CCN(c3ccccc3)CC2)C1=O. The van der Waals surface area contributed by atoms with Crippen molar-refractivity contribution in [3.63, 3.8) is 0 Å². The van der Waals surface area contributed by atoms with Gasteiger partial charge in [-0.15, -0.1) is 0 Å². The van der Waals surface area contributed by atoms with Crippen LogP contribution in [0.2, 0.25) is 0 Å². The molecule has 2 aliphatic heterocycles. The lowest BCUT2D eigenvalue weighted by Gasteiger charge is -2.36. The van der Waals surface area contributed by atoms with E-state index in [0.717, 1.165) is 44.0 Å². The standard InChI is InChI=1S/C24H28N2O4S/c1-29-24(28)23-22(27)20(30-19-10-5-6-12-21(19)31-23)11-7-13-25-14-16-26(17-15-25)18-8-3-2-4-9-18/h2-6,8-10,12,20,23H,7,11,13-17H2,1H3. The molecule has 1 saturated heterocycles. The minimum Gasteiger partial charge on any atom is -0.481 e. The summed E-state index contributed by atoms with van der Waals surface area (Å²) in [6.45, 7) is 4.90. The fourth-order valence-corrected chi connectivity index (χ4v) is 5.16. The highest BCUT2D eigenvalue weighted by Gasteiger charge is 2.38. The van der Waals surface area contributed by atoms with Gasteiger partial charge >= 0.3 is 5.97 Å². The largest absolute Gasteiger partial charge is 0.481 e. The molecule has 2 aromatic carbocycles. The smallest absolute Gasteiger partial charge is 0.326 e. The van der Waals surface area contributed by atoms with Crippen molar-refractivity contribution in [2.75, 3.05) is 44.7 Å². The van der Waals surface area contributed by atoms with Gasteiger partial charge in [0.15, 0.2) is 17.1 Å². The summed E-state index contributed by atoms with van der Waals surface area (Å²) in [5.41, 5.74) is 1.27. The number of para-hydroxylation sites is 2. The molecular weight excluding hydrogens is 412 g/mol. The van der Waals surface area contributed by atoms with Gasteiger partial charge in [-0.2, -0.15) is 0 Å². The van der Waals surface area contributed by atoms with Crippen LogP contribution in [-0.4, -0.2) is 67.8 Å². The third kappa shape index (κ3) is 5.22. The number of carbonyl (C=O) groups is 2. The first-order valence-corrected chi connectivity index (χ1v) is 11.6. The summed E-state index contributed by atoms with van der Waals surface area (Å²) in [5.74, 6) is -0.0620. The van der Waals surface area contributed by atoms with E-state index in [4.69, 9.17) is 9.47 Å². The van der Waals surface area contributed by atoms with Gasteiger partial charge in [-0.3, -0.25) is 14.5 Å². The second kappa shape index (κ2) is 10.2. The zero-order chi connectivity index (χ0) is 21.6. The number of thioether (sulfide) groups is 1. The quantitative estimate of drug-likeness (QED) is 0.505. The Morgan fingerprint density at radius 3 is 2.52 bits per heavy atom. The molecule has 0 aromatic heterocycles. The lowest BCUT2D eigenvalue weighted by atomic mass is 10.1. The molecule has 31 heavy (non-hydrogen) atoms. The molecule has 4 rings (SSSR count). The van der Waals surface area contributed by atoms with Gasteiger partial charge < -0.3 is 14.4 Å². The minimum atomic E-state index is -0.881. The topological polar surface area (TPSA) is 59.1 Å². The molecule has 0 spiro atoms. The summed E-state index contributed by atoms with van der Waals surface area (Å²) in [7, 11) is 1.32. The fraction of sp³-hybridized carbons (Fsp3) is 0.417. The van der Waals surface area contributed by atoms with Crippen molar-refractivity contribution in [1.82, 2.24) is 4.90 Å². The number of hydrogen-bond acceptors (Lipinski definition) is 7. The Kier molecular flexibility index (Phi) is 7.14. The Labute approximate surface area is 187 Å². The average Bonchev–Trinajstić information content (AvgIpc) is 2.96. The molecule has 1 fully saturated rings. The second-order valence-electron chi connectivity index (χ2n) is 7.78. The van der Waals surface area contributed by atoms with E-state index >= 15 is 0 Å². The molecule has 2 heterocycles. The number of carbonyl (C=O) groups excluding carboxylic acids is 2. The number of rotatable bonds is 6. The molecular formula is C24H28N2O4S. The third-order valence-electron chi connectivity index (χ3n) is 5.79. The monoisotopic (exact) mass is 440 g/mol. The Morgan fingerprint density at radius 2 is 1.77 bits per heavy atom. The lowest BCUT2D eigenvalue weighted by Crippen LogP contribution is -2.47. The van der Waals surface area contributed by atoms with Gasteiger partial charge in [0, 0.05) is 31.9 Å². The van der Waals surface area contributed by atoms with Crippen LogP contribution in [0.3, 0.4) is 0 Å². The van der Waals surface area contributed by atoms with Gasteiger partial charge in [-0.25, -0.2) is 0 Å². The Hall–Kier alpha value is -2.51. The number of benzene rings is 2. The number of anilines is 1. The summed E-state index contributed by atoms with van der Waals surface area (Å²) < 4.78 is 10.9. The predicted molar refractivity (Wildman–Crippen MR) is 122 cm³/mol. The van der Waals surface area contributed by atoms with Crippen molar-refractivity contribution in [3.8, 4) is 5.75 Å². The van der Waals surface area contributed by atoms with E-state index < -0.39 is 17.3 Å².